The van der Waals surface area contributed by atoms with E-state index in [-0.39, 0.29) is 6.10 Å². The van der Waals surface area contributed by atoms with Gasteiger partial charge in [-0.3, -0.25) is 0 Å². The lowest BCUT2D eigenvalue weighted by molar-refractivity contribution is -0.0111. The molecule has 1 unspecified atom stereocenters. The Morgan fingerprint density at radius 1 is 1.42 bits per heavy atom. The van der Waals surface area contributed by atoms with Gasteiger partial charge in [-0.05, 0) is 43.9 Å². The van der Waals surface area contributed by atoms with Crippen LogP contribution in [0.2, 0.25) is 0 Å². The fraction of sp³-hybridized carbons (Fsp3) is 0.500. The van der Waals surface area contributed by atoms with Gasteiger partial charge in [-0.15, -0.1) is 11.6 Å². The summed E-state index contributed by atoms with van der Waals surface area (Å²) < 4.78 is 11.5. The molecule has 1 aromatic carbocycles. The molecule has 0 N–H and O–H groups in total. The molecule has 0 bridgehead atoms. The molecule has 2 nitrogen and oxygen atoms in total. The molecule has 0 radical (unpaired) electrons. The summed E-state index contributed by atoms with van der Waals surface area (Å²) in [6, 6.07) is 6.02. The van der Waals surface area contributed by atoms with Crippen molar-refractivity contribution in [1.82, 2.24) is 0 Å². The van der Waals surface area contributed by atoms with Crippen LogP contribution in [0.1, 0.15) is 30.4 Å². The van der Waals surface area contributed by atoms with Crippen LogP contribution in [-0.4, -0.2) is 25.2 Å². The monoisotopic (exact) mass is 278 g/mol. The number of hydrogen-bond donors (Lipinski definition) is 0. The number of benzene rings is 1. The highest BCUT2D eigenvalue weighted by molar-refractivity contribution is 6.19. The largest absolute Gasteiger partial charge is 0.490 e. The minimum atomic E-state index is 0.212. The summed E-state index contributed by atoms with van der Waals surface area (Å²) in [6.45, 7) is 3.49. The van der Waals surface area contributed by atoms with E-state index in [1.165, 1.54) is 12.0 Å². The highest BCUT2D eigenvalue weighted by atomic mass is 35.5. The van der Waals surface area contributed by atoms with Gasteiger partial charge in [0.05, 0.1) is 17.5 Å². The molecular formula is C16H19ClO2. The SMILES string of the molecule is Cc1ccc(OCC2CCCCO2)c(C#CCCl)c1. The van der Waals surface area contributed by atoms with Gasteiger partial charge in [0, 0.05) is 6.61 Å². The molecule has 0 spiro atoms. The zero-order valence-corrected chi connectivity index (χ0v) is 12.0. The first-order valence-electron chi connectivity index (χ1n) is 6.69. The second kappa shape index (κ2) is 7.43. The summed E-state index contributed by atoms with van der Waals surface area (Å²) in [5.41, 5.74) is 2.07. The first kappa shape index (κ1) is 14.2. The molecule has 1 fully saturated rings. The van der Waals surface area contributed by atoms with E-state index in [0.717, 1.165) is 30.8 Å². The van der Waals surface area contributed by atoms with Crippen molar-refractivity contribution in [2.45, 2.75) is 32.3 Å². The van der Waals surface area contributed by atoms with Crippen molar-refractivity contribution in [1.29, 1.82) is 0 Å². The highest BCUT2D eigenvalue weighted by Gasteiger charge is 2.15. The molecule has 0 amide bonds. The maximum absolute atomic E-state index is 5.86. The number of ether oxygens (including phenoxy) is 2. The Morgan fingerprint density at radius 2 is 2.32 bits per heavy atom. The molecular weight excluding hydrogens is 260 g/mol. The number of rotatable bonds is 3. The Kier molecular flexibility index (Phi) is 5.57. The topological polar surface area (TPSA) is 18.5 Å². The first-order chi connectivity index (χ1) is 9.29. The van der Waals surface area contributed by atoms with Crippen molar-refractivity contribution < 1.29 is 9.47 Å². The average molecular weight is 279 g/mol. The smallest absolute Gasteiger partial charge is 0.135 e. The molecule has 1 saturated heterocycles. The van der Waals surface area contributed by atoms with Crippen molar-refractivity contribution in [2.75, 3.05) is 19.1 Å². The summed E-state index contributed by atoms with van der Waals surface area (Å²) in [7, 11) is 0. The van der Waals surface area contributed by atoms with Crippen molar-refractivity contribution >= 4 is 11.6 Å². The Morgan fingerprint density at radius 3 is 3.05 bits per heavy atom. The van der Waals surface area contributed by atoms with Crippen LogP contribution in [0.3, 0.4) is 0 Å². The summed E-state index contributed by atoms with van der Waals surface area (Å²) >= 11 is 5.61. The molecule has 1 aromatic rings. The predicted molar refractivity (Wildman–Crippen MR) is 77.9 cm³/mol. The van der Waals surface area contributed by atoms with Gasteiger partial charge in [0.1, 0.15) is 12.4 Å². The third-order valence-electron chi connectivity index (χ3n) is 3.12. The third kappa shape index (κ3) is 4.45. The van der Waals surface area contributed by atoms with Crippen LogP contribution < -0.4 is 4.74 Å². The normalized spacial score (nSPS) is 18.5. The fourth-order valence-corrected chi connectivity index (χ4v) is 2.18. The van der Waals surface area contributed by atoms with E-state index in [4.69, 9.17) is 21.1 Å². The second-order valence-electron chi connectivity index (χ2n) is 4.73. The minimum Gasteiger partial charge on any atom is -0.490 e. The van der Waals surface area contributed by atoms with Gasteiger partial charge >= 0.3 is 0 Å². The maximum atomic E-state index is 5.86. The van der Waals surface area contributed by atoms with Crippen molar-refractivity contribution in [2.24, 2.45) is 0 Å². The Balaban J connectivity index is 2.02. The van der Waals surface area contributed by atoms with Crippen LogP contribution in [0.15, 0.2) is 18.2 Å². The van der Waals surface area contributed by atoms with Crippen LogP contribution in [0.25, 0.3) is 0 Å². The molecule has 102 valence electrons. The first-order valence-corrected chi connectivity index (χ1v) is 7.23. The maximum Gasteiger partial charge on any atom is 0.135 e. The van der Waals surface area contributed by atoms with Gasteiger partial charge in [0.25, 0.3) is 0 Å². The van der Waals surface area contributed by atoms with E-state index < -0.39 is 0 Å². The van der Waals surface area contributed by atoms with E-state index in [1.54, 1.807) is 0 Å². The van der Waals surface area contributed by atoms with Crippen LogP contribution in [0.5, 0.6) is 5.75 Å². The number of aryl methyl sites for hydroxylation is 1. The minimum absolute atomic E-state index is 0.212. The molecule has 1 aliphatic heterocycles. The lowest BCUT2D eigenvalue weighted by Crippen LogP contribution is -2.25. The zero-order chi connectivity index (χ0) is 13.5. The molecule has 19 heavy (non-hydrogen) atoms. The summed E-state index contributed by atoms with van der Waals surface area (Å²) in [4.78, 5) is 0. The Hall–Kier alpha value is -1.17. The zero-order valence-electron chi connectivity index (χ0n) is 11.2. The quantitative estimate of drug-likeness (QED) is 0.622. The molecule has 2 rings (SSSR count). The van der Waals surface area contributed by atoms with Crippen LogP contribution >= 0.6 is 11.6 Å². The van der Waals surface area contributed by atoms with Gasteiger partial charge < -0.3 is 9.47 Å². The van der Waals surface area contributed by atoms with E-state index in [9.17, 15) is 0 Å². The van der Waals surface area contributed by atoms with Crippen LogP contribution in [0.4, 0.5) is 0 Å². The van der Waals surface area contributed by atoms with Gasteiger partial charge in [-0.1, -0.05) is 17.9 Å². The van der Waals surface area contributed by atoms with E-state index >= 15 is 0 Å². The second-order valence-corrected chi connectivity index (χ2v) is 5.00. The third-order valence-corrected chi connectivity index (χ3v) is 3.26. The summed E-state index contributed by atoms with van der Waals surface area (Å²) in [5, 5.41) is 0. The molecule has 3 heteroatoms. The Bertz CT molecular complexity index is 467. The molecule has 1 atom stereocenters. The molecule has 0 aromatic heterocycles. The van der Waals surface area contributed by atoms with E-state index in [1.807, 2.05) is 25.1 Å². The van der Waals surface area contributed by atoms with Gasteiger partial charge in [0.2, 0.25) is 0 Å². The number of halogens is 1. The summed E-state index contributed by atoms with van der Waals surface area (Å²) in [5.74, 6) is 7.07. The lowest BCUT2D eigenvalue weighted by atomic mass is 10.1. The van der Waals surface area contributed by atoms with Gasteiger partial charge in [-0.25, -0.2) is 0 Å². The van der Waals surface area contributed by atoms with Crippen molar-refractivity contribution in [3.63, 3.8) is 0 Å². The average Bonchev–Trinajstić information content (AvgIpc) is 2.45. The molecule has 1 heterocycles. The number of alkyl halides is 1. The fourth-order valence-electron chi connectivity index (χ4n) is 2.12. The standard InChI is InChI=1S/C16H19ClO2/c1-13-7-8-16(14(11-13)5-4-9-17)19-12-15-6-2-3-10-18-15/h7-8,11,15H,2-3,6,9-10,12H2,1H3. The van der Waals surface area contributed by atoms with Crippen molar-refractivity contribution in [3.8, 4) is 17.6 Å². The molecule has 1 aliphatic rings. The van der Waals surface area contributed by atoms with Gasteiger partial charge in [-0.2, -0.15) is 0 Å². The van der Waals surface area contributed by atoms with E-state index in [2.05, 4.69) is 11.8 Å². The van der Waals surface area contributed by atoms with E-state index in [0.29, 0.717) is 12.5 Å². The Labute approximate surface area is 120 Å². The predicted octanol–water partition coefficient (Wildman–Crippen LogP) is 3.53. The van der Waals surface area contributed by atoms with Crippen LogP contribution in [0, 0.1) is 18.8 Å². The number of hydrogen-bond acceptors (Lipinski definition) is 2. The summed E-state index contributed by atoms with van der Waals surface area (Å²) in [6.07, 6.45) is 3.67. The molecule has 0 aliphatic carbocycles. The van der Waals surface area contributed by atoms with Crippen molar-refractivity contribution in [3.05, 3.63) is 29.3 Å². The highest BCUT2D eigenvalue weighted by Crippen LogP contribution is 2.21. The molecule has 0 saturated carbocycles. The van der Waals surface area contributed by atoms with Gasteiger partial charge in [0.15, 0.2) is 0 Å². The lowest BCUT2D eigenvalue weighted by Gasteiger charge is -2.23. The van der Waals surface area contributed by atoms with Crippen LogP contribution in [-0.2, 0) is 4.74 Å².